The quantitative estimate of drug-likeness (QED) is 0.624. The summed E-state index contributed by atoms with van der Waals surface area (Å²) in [7, 11) is 0. The van der Waals surface area contributed by atoms with E-state index in [2.05, 4.69) is 31.8 Å². The van der Waals surface area contributed by atoms with Gasteiger partial charge in [-0.15, -0.1) is 0 Å². The van der Waals surface area contributed by atoms with Crippen molar-refractivity contribution in [3.8, 4) is 0 Å². The van der Waals surface area contributed by atoms with Crippen LogP contribution in [0.1, 0.15) is 22.8 Å². The average molecular weight is 374 g/mol. The van der Waals surface area contributed by atoms with Gasteiger partial charge >= 0.3 is 0 Å². The van der Waals surface area contributed by atoms with Crippen molar-refractivity contribution < 1.29 is 9.59 Å². The van der Waals surface area contributed by atoms with E-state index in [0.29, 0.717) is 11.3 Å². The molecule has 0 saturated carbocycles. The number of hydrogen-bond acceptors (Lipinski definition) is 3. The summed E-state index contributed by atoms with van der Waals surface area (Å²) in [6.45, 7) is 1.66. The summed E-state index contributed by atoms with van der Waals surface area (Å²) in [5, 5.41) is 6.56. The lowest BCUT2D eigenvalue weighted by molar-refractivity contribution is -0.120. The summed E-state index contributed by atoms with van der Waals surface area (Å²) >= 11 is 3.30. The maximum absolute atomic E-state index is 11.9. The number of nitrogens with one attached hydrogen (secondary N) is 2. The lowest BCUT2D eigenvalue weighted by Gasteiger charge is -2.05. The molecule has 2 aromatic rings. The van der Waals surface area contributed by atoms with Crippen LogP contribution in [0.3, 0.4) is 0 Å². The van der Waals surface area contributed by atoms with Crippen molar-refractivity contribution in [3.05, 3.63) is 70.2 Å². The number of rotatable bonds is 5. The molecule has 2 amide bonds. The van der Waals surface area contributed by atoms with Crippen LogP contribution in [0.2, 0.25) is 0 Å². The third-order valence-corrected chi connectivity index (χ3v) is 3.58. The van der Waals surface area contributed by atoms with Gasteiger partial charge in [-0.25, -0.2) is 5.43 Å². The van der Waals surface area contributed by atoms with Crippen LogP contribution in [-0.4, -0.2) is 24.1 Å². The fourth-order valence-electron chi connectivity index (χ4n) is 1.79. The zero-order valence-electron chi connectivity index (χ0n) is 12.5. The molecule has 0 bridgehead atoms. The zero-order valence-corrected chi connectivity index (χ0v) is 14.1. The largest absolute Gasteiger partial charge is 0.343 e. The van der Waals surface area contributed by atoms with Crippen molar-refractivity contribution in [2.24, 2.45) is 5.10 Å². The molecule has 0 saturated heterocycles. The van der Waals surface area contributed by atoms with E-state index in [1.54, 1.807) is 31.2 Å². The second-order valence-electron chi connectivity index (χ2n) is 4.79. The Morgan fingerprint density at radius 3 is 2.30 bits per heavy atom. The summed E-state index contributed by atoms with van der Waals surface area (Å²) in [5.41, 5.74) is 4.53. The van der Waals surface area contributed by atoms with Crippen molar-refractivity contribution in [2.45, 2.75) is 6.92 Å². The first-order valence-corrected chi connectivity index (χ1v) is 7.78. The number of amides is 2. The third-order valence-electron chi connectivity index (χ3n) is 3.06. The monoisotopic (exact) mass is 373 g/mol. The molecule has 6 heteroatoms. The molecule has 118 valence electrons. The van der Waals surface area contributed by atoms with E-state index in [1.165, 1.54) is 0 Å². The van der Waals surface area contributed by atoms with Crippen molar-refractivity contribution in [1.29, 1.82) is 0 Å². The molecule has 0 radical (unpaired) electrons. The van der Waals surface area contributed by atoms with E-state index < -0.39 is 0 Å². The van der Waals surface area contributed by atoms with Gasteiger partial charge < -0.3 is 5.32 Å². The Hall–Kier alpha value is -2.47. The highest BCUT2D eigenvalue weighted by atomic mass is 79.9. The molecular weight excluding hydrogens is 358 g/mol. The predicted molar refractivity (Wildman–Crippen MR) is 93.3 cm³/mol. The molecule has 0 aromatic heterocycles. The first-order valence-electron chi connectivity index (χ1n) is 6.98. The molecule has 0 fully saturated rings. The van der Waals surface area contributed by atoms with E-state index in [0.717, 1.165) is 10.0 Å². The van der Waals surface area contributed by atoms with Crippen LogP contribution in [-0.2, 0) is 4.79 Å². The molecule has 2 rings (SSSR count). The Morgan fingerprint density at radius 1 is 1.00 bits per heavy atom. The smallest absolute Gasteiger partial charge is 0.259 e. The molecule has 5 nitrogen and oxygen atoms in total. The SMILES string of the molecule is C/C(=N\NC(=O)CNC(=O)c1ccc(Br)cc1)c1ccccc1. The van der Waals surface area contributed by atoms with Gasteiger partial charge in [0.1, 0.15) is 0 Å². The highest BCUT2D eigenvalue weighted by Crippen LogP contribution is 2.10. The van der Waals surface area contributed by atoms with Gasteiger partial charge in [0.2, 0.25) is 0 Å². The summed E-state index contributed by atoms with van der Waals surface area (Å²) in [6, 6.07) is 16.4. The third kappa shape index (κ3) is 5.34. The van der Waals surface area contributed by atoms with Crippen LogP contribution >= 0.6 is 15.9 Å². The van der Waals surface area contributed by atoms with Crippen LogP contribution in [0, 0.1) is 0 Å². The van der Waals surface area contributed by atoms with Crippen LogP contribution in [0.25, 0.3) is 0 Å². The number of nitrogens with zero attached hydrogens (tertiary/aromatic N) is 1. The van der Waals surface area contributed by atoms with Crippen molar-refractivity contribution in [1.82, 2.24) is 10.7 Å². The van der Waals surface area contributed by atoms with Gasteiger partial charge in [-0.1, -0.05) is 46.3 Å². The molecule has 0 aliphatic carbocycles. The number of hydrazone groups is 1. The van der Waals surface area contributed by atoms with Crippen molar-refractivity contribution in [3.63, 3.8) is 0 Å². The number of carbonyl (C=O) groups is 2. The molecule has 0 spiro atoms. The molecule has 23 heavy (non-hydrogen) atoms. The normalized spacial score (nSPS) is 11.0. The second-order valence-corrected chi connectivity index (χ2v) is 5.70. The molecule has 0 aliphatic rings. The first-order chi connectivity index (χ1) is 11.1. The Labute approximate surface area is 142 Å². The van der Waals surface area contributed by atoms with Crippen molar-refractivity contribution >= 4 is 33.5 Å². The standard InChI is InChI=1S/C17H16BrN3O2/c1-12(13-5-3-2-4-6-13)20-21-16(22)11-19-17(23)14-7-9-15(18)10-8-14/h2-10H,11H2,1H3,(H,19,23)(H,21,22)/b20-12+. The lowest BCUT2D eigenvalue weighted by Crippen LogP contribution is -2.35. The van der Waals surface area contributed by atoms with Crippen LogP contribution in [0.4, 0.5) is 0 Å². The minimum absolute atomic E-state index is 0.138. The predicted octanol–water partition coefficient (Wildman–Crippen LogP) is 2.72. The number of carbonyl (C=O) groups excluding carboxylic acids is 2. The molecule has 0 heterocycles. The Kier molecular flexibility index (Phi) is 6.05. The van der Waals surface area contributed by atoms with E-state index in [9.17, 15) is 9.59 Å². The van der Waals surface area contributed by atoms with Crippen molar-refractivity contribution in [2.75, 3.05) is 6.54 Å². The molecule has 0 unspecified atom stereocenters. The Bertz CT molecular complexity index is 712. The average Bonchev–Trinajstić information content (AvgIpc) is 2.59. The Morgan fingerprint density at radius 2 is 1.65 bits per heavy atom. The summed E-state index contributed by atoms with van der Waals surface area (Å²) < 4.78 is 0.887. The minimum atomic E-state index is -0.384. The number of hydrogen-bond donors (Lipinski definition) is 2. The molecule has 2 aromatic carbocycles. The summed E-state index contributed by atoms with van der Waals surface area (Å²) in [5.74, 6) is -0.692. The van der Waals surface area contributed by atoms with Gasteiger partial charge in [-0.05, 0) is 36.8 Å². The minimum Gasteiger partial charge on any atom is -0.343 e. The van der Waals surface area contributed by atoms with Crippen LogP contribution < -0.4 is 10.7 Å². The fourth-order valence-corrected chi connectivity index (χ4v) is 2.06. The lowest BCUT2D eigenvalue weighted by atomic mass is 10.1. The zero-order chi connectivity index (χ0) is 16.7. The van der Waals surface area contributed by atoms with Gasteiger partial charge in [0.15, 0.2) is 0 Å². The van der Waals surface area contributed by atoms with Crippen LogP contribution in [0.15, 0.2) is 64.2 Å². The Balaban J connectivity index is 1.83. The molecule has 0 aliphatic heterocycles. The number of benzene rings is 2. The van der Waals surface area contributed by atoms with Gasteiger partial charge in [0.25, 0.3) is 11.8 Å². The van der Waals surface area contributed by atoms with E-state index >= 15 is 0 Å². The highest BCUT2D eigenvalue weighted by Gasteiger charge is 2.07. The van der Waals surface area contributed by atoms with E-state index in [4.69, 9.17) is 0 Å². The second kappa shape index (κ2) is 8.24. The fraction of sp³-hybridized carbons (Fsp3) is 0.118. The van der Waals surface area contributed by atoms with E-state index in [-0.39, 0.29) is 18.4 Å². The number of halogens is 1. The van der Waals surface area contributed by atoms with Gasteiger partial charge in [-0.2, -0.15) is 5.10 Å². The summed E-state index contributed by atoms with van der Waals surface area (Å²) in [6.07, 6.45) is 0. The molecule has 0 atom stereocenters. The van der Waals surface area contributed by atoms with Gasteiger partial charge in [0.05, 0.1) is 12.3 Å². The van der Waals surface area contributed by atoms with Gasteiger partial charge in [0, 0.05) is 10.0 Å². The maximum Gasteiger partial charge on any atom is 0.259 e. The maximum atomic E-state index is 11.9. The van der Waals surface area contributed by atoms with Crippen LogP contribution in [0.5, 0.6) is 0 Å². The topological polar surface area (TPSA) is 70.6 Å². The molecule has 2 N–H and O–H groups in total. The van der Waals surface area contributed by atoms with Gasteiger partial charge in [-0.3, -0.25) is 9.59 Å². The summed E-state index contributed by atoms with van der Waals surface area (Å²) in [4.78, 5) is 23.6. The van der Waals surface area contributed by atoms with E-state index in [1.807, 2.05) is 30.3 Å². The highest BCUT2D eigenvalue weighted by molar-refractivity contribution is 9.10. The first kappa shape index (κ1) is 16.9. The molecular formula is C17H16BrN3O2.